The first-order valence-corrected chi connectivity index (χ1v) is 9.23. The Balaban J connectivity index is 2.07. The lowest BCUT2D eigenvalue weighted by Crippen LogP contribution is -2.04. The zero-order valence-corrected chi connectivity index (χ0v) is 17.0. The lowest BCUT2D eigenvalue weighted by atomic mass is 10.0. The molecular formula is C26H18F4. The van der Waals surface area contributed by atoms with Crippen molar-refractivity contribution in [3.63, 3.8) is 0 Å². The highest BCUT2D eigenvalue weighted by Gasteiger charge is 2.23. The molecule has 0 heterocycles. The Morgan fingerprint density at radius 3 is 1.53 bits per heavy atom. The van der Waals surface area contributed by atoms with Gasteiger partial charge in [0.15, 0.2) is 23.3 Å². The molecule has 0 saturated carbocycles. The van der Waals surface area contributed by atoms with Crippen LogP contribution >= 0.6 is 0 Å². The normalized spacial score (nSPS) is 10.1. The maximum atomic E-state index is 14.5. The summed E-state index contributed by atoms with van der Waals surface area (Å²) < 4.78 is 57.8. The zero-order valence-electron chi connectivity index (χ0n) is 17.0. The van der Waals surface area contributed by atoms with Crippen molar-refractivity contribution in [2.24, 2.45) is 0 Å². The predicted octanol–water partition coefficient (Wildman–Crippen LogP) is 6.28. The third-order valence-electron chi connectivity index (χ3n) is 4.81. The van der Waals surface area contributed by atoms with Gasteiger partial charge in [0, 0.05) is 11.1 Å². The van der Waals surface area contributed by atoms with E-state index in [1.54, 1.807) is 37.3 Å². The summed E-state index contributed by atoms with van der Waals surface area (Å²) in [4.78, 5) is 0. The van der Waals surface area contributed by atoms with Gasteiger partial charge in [-0.05, 0) is 62.6 Å². The molecule has 3 aromatic carbocycles. The van der Waals surface area contributed by atoms with E-state index in [1.165, 1.54) is 0 Å². The Bertz CT molecular complexity index is 1230. The molecular weight excluding hydrogens is 388 g/mol. The SMILES string of the molecule is Cc1ccc(C#Cc2c(F)c(F)c(C#Cc3cc(C)c(C)cc3C)c(F)c2F)cc1. The summed E-state index contributed by atoms with van der Waals surface area (Å²) in [6, 6.07) is 10.5. The van der Waals surface area contributed by atoms with Crippen LogP contribution in [0.15, 0.2) is 36.4 Å². The van der Waals surface area contributed by atoms with Gasteiger partial charge in [-0.15, -0.1) is 0 Å². The highest BCUT2D eigenvalue weighted by molar-refractivity contribution is 5.53. The second-order valence-corrected chi connectivity index (χ2v) is 7.12. The van der Waals surface area contributed by atoms with Crippen molar-refractivity contribution in [3.05, 3.63) is 104 Å². The van der Waals surface area contributed by atoms with Crippen molar-refractivity contribution in [2.75, 3.05) is 0 Å². The summed E-state index contributed by atoms with van der Waals surface area (Å²) >= 11 is 0. The highest BCUT2D eigenvalue weighted by Crippen LogP contribution is 2.24. The van der Waals surface area contributed by atoms with Crippen LogP contribution in [0, 0.1) is 74.6 Å². The van der Waals surface area contributed by atoms with Crippen molar-refractivity contribution in [1.29, 1.82) is 0 Å². The number of aryl methyl sites for hydroxylation is 4. The zero-order chi connectivity index (χ0) is 22.0. The van der Waals surface area contributed by atoms with Gasteiger partial charge in [-0.25, -0.2) is 17.6 Å². The first-order valence-electron chi connectivity index (χ1n) is 9.23. The van der Waals surface area contributed by atoms with Crippen LogP contribution in [0.5, 0.6) is 0 Å². The van der Waals surface area contributed by atoms with Gasteiger partial charge < -0.3 is 0 Å². The quantitative estimate of drug-likeness (QED) is 0.234. The van der Waals surface area contributed by atoms with E-state index in [-0.39, 0.29) is 0 Å². The fourth-order valence-electron chi connectivity index (χ4n) is 2.85. The summed E-state index contributed by atoms with van der Waals surface area (Å²) in [5.74, 6) is 3.34. The van der Waals surface area contributed by atoms with Crippen LogP contribution in [-0.4, -0.2) is 0 Å². The van der Waals surface area contributed by atoms with Gasteiger partial charge >= 0.3 is 0 Å². The third kappa shape index (κ3) is 4.24. The molecule has 0 N–H and O–H groups in total. The van der Waals surface area contributed by atoms with Gasteiger partial charge in [-0.2, -0.15) is 0 Å². The molecule has 0 aliphatic heterocycles. The summed E-state index contributed by atoms with van der Waals surface area (Å²) in [6.45, 7) is 7.48. The molecule has 4 heteroatoms. The van der Waals surface area contributed by atoms with E-state index in [0.717, 1.165) is 22.3 Å². The minimum absolute atomic E-state index is 0.467. The van der Waals surface area contributed by atoms with E-state index in [2.05, 4.69) is 23.7 Å². The second-order valence-electron chi connectivity index (χ2n) is 7.12. The van der Waals surface area contributed by atoms with Crippen LogP contribution in [0.4, 0.5) is 17.6 Å². The molecule has 0 nitrogen and oxygen atoms in total. The van der Waals surface area contributed by atoms with Crippen molar-refractivity contribution >= 4 is 0 Å². The average molecular weight is 406 g/mol. The fourth-order valence-corrected chi connectivity index (χ4v) is 2.85. The molecule has 30 heavy (non-hydrogen) atoms. The van der Waals surface area contributed by atoms with Gasteiger partial charge in [0.25, 0.3) is 0 Å². The standard InChI is InChI=1S/C26H18F4/c1-15-5-7-19(8-6-15)9-11-21-23(27)25(29)22(26(30)24(21)28)12-10-20-14-17(3)16(2)13-18(20)4/h5-8,13-14H,1-4H3. The minimum atomic E-state index is -1.56. The summed E-state index contributed by atoms with van der Waals surface area (Å²) in [5, 5.41) is 0. The molecule has 0 aliphatic carbocycles. The molecule has 0 aromatic heterocycles. The molecule has 0 amide bonds. The molecule has 0 atom stereocenters. The van der Waals surface area contributed by atoms with Gasteiger partial charge in [0.1, 0.15) is 11.1 Å². The van der Waals surface area contributed by atoms with Crippen LogP contribution in [0.25, 0.3) is 0 Å². The van der Waals surface area contributed by atoms with Crippen LogP contribution < -0.4 is 0 Å². The maximum absolute atomic E-state index is 14.5. The van der Waals surface area contributed by atoms with E-state index in [1.807, 2.05) is 26.8 Å². The molecule has 0 aliphatic rings. The molecule has 0 bridgehead atoms. The van der Waals surface area contributed by atoms with Crippen molar-refractivity contribution in [2.45, 2.75) is 27.7 Å². The van der Waals surface area contributed by atoms with Crippen LogP contribution in [0.2, 0.25) is 0 Å². The van der Waals surface area contributed by atoms with Crippen molar-refractivity contribution < 1.29 is 17.6 Å². The number of benzene rings is 3. The van der Waals surface area contributed by atoms with E-state index >= 15 is 0 Å². The number of hydrogen-bond donors (Lipinski definition) is 0. The smallest absolute Gasteiger partial charge is 0.178 e. The topological polar surface area (TPSA) is 0 Å². The number of halogens is 4. The number of hydrogen-bond acceptors (Lipinski definition) is 0. The first-order chi connectivity index (χ1) is 14.2. The van der Waals surface area contributed by atoms with Gasteiger partial charge in [0.2, 0.25) is 0 Å². The predicted molar refractivity (Wildman–Crippen MR) is 110 cm³/mol. The molecule has 0 unspecified atom stereocenters. The summed E-state index contributed by atoms with van der Waals surface area (Å²) in [7, 11) is 0. The van der Waals surface area contributed by atoms with E-state index in [9.17, 15) is 17.6 Å². The largest absolute Gasteiger partial charge is 0.202 e. The van der Waals surface area contributed by atoms with E-state index < -0.39 is 34.4 Å². The molecule has 0 fully saturated rings. The van der Waals surface area contributed by atoms with Crippen molar-refractivity contribution in [1.82, 2.24) is 0 Å². The monoisotopic (exact) mass is 406 g/mol. The van der Waals surface area contributed by atoms with Crippen LogP contribution in [0.3, 0.4) is 0 Å². The van der Waals surface area contributed by atoms with Gasteiger partial charge in [-0.3, -0.25) is 0 Å². The highest BCUT2D eigenvalue weighted by atomic mass is 19.2. The maximum Gasteiger partial charge on any atom is 0.178 e. The molecule has 3 rings (SSSR count). The lowest BCUT2D eigenvalue weighted by molar-refractivity contribution is 0.447. The summed E-state index contributed by atoms with van der Waals surface area (Å²) in [5.41, 5.74) is 2.86. The van der Waals surface area contributed by atoms with Crippen molar-refractivity contribution in [3.8, 4) is 23.7 Å². The molecule has 150 valence electrons. The van der Waals surface area contributed by atoms with Gasteiger partial charge in [0.05, 0.1) is 0 Å². The third-order valence-corrected chi connectivity index (χ3v) is 4.81. The van der Waals surface area contributed by atoms with Gasteiger partial charge in [-0.1, -0.05) is 47.4 Å². The molecule has 0 saturated heterocycles. The van der Waals surface area contributed by atoms with Crippen LogP contribution in [0.1, 0.15) is 44.5 Å². The molecule has 0 spiro atoms. The Morgan fingerprint density at radius 1 is 0.533 bits per heavy atom. The minimum Gasteiger partial charge on any atom is -0.202 e. The van der Waals surface area contributed by atoms with E-state index in [0.29, 0.717) is 11.1 Å². The lowest BCUT2D eigenvalue weighted by Gasteiger charge is -2.06. The Labute approximate surface area is 173 Å². The molecule has 0 radical (unpaired) electrons. The van der Waals surface area contributed by atoms with E-state index in [4.69, 9.17) is 0 Å². The average Bonchev–Trinajstić information content (AvgIpc) is 2.71. The van der Waals surface area contributed by atoms with Crippen LogP contribution in [-0.2, 0) is 0 Å². The fraction of sp³-hybridized carbons (Fsp3) is 0.154. The number of rotatable bonds is 0. The Kier molecular flexibility index (Phi) is 5.99. The first kappa shape index (κ1) is 21.2. The Hall–Kier alpha value is -3.50. The summed E-state index contributed by atoms with van der Waals surface area (Å²) in [6.07, 6.45) is 0. The molecule has 3 aromatic rings. The second kappa shape index (κ2) is 8.47. The Morgan fingerprint density at radius 2 is 1.00 bits per heavy atom.